The molecule has 1 unspecified atom stereocenters. The van der Waals surface area contributed by atoms with Gasteiger partial charge >= 0.3 is 0 Å². The van der Waals surface area contributed by atoms with Gasteiger partial charge in [-0.3, -0.25) is 9.59 Å². The zero-order valence-corrected chi connectivity index (χ0v) is 16.3. The highest BCUT2D eigenvalue weighted by Gasteiger charge is 2.34. The van der Waals surface area contributed by atoms with Crippen LogP contribution in [-0.4, -0.2) is 54.8 Å². The number of aryl methyl sites for hydroxylation is 1. The van der Waals surface area contributed by atoms with Gasteiger partial charge in [0.25, 0.3) is 5.91 Å². The fourth-order valence-electron chi connectivity index (χ4n) is 3.00. The lowest BCUT2D eigenvalue weighted by molar-refractivity contribution is -0.121. The summed E-state index contributed by atoms with van der Waals surface area (Å²) in [4.78, 5) is 23.0. The number of nitrogens with zero attached hydrogens (tertiary/aromatic N) is 2. The van der Waals surface area contributed by atoms with Crippen LogP contribution in [-0.2, 0) is 21.9 Å². The molecular formula is C15H26ClN5O4S. The summed E-state index contributed by atoms with van der Waals surface area (Å²) in [5.74, 6) is -0.880. The number of aromatic nitrogens is 1. The van der Waals surface area contributed by atoms with Crippen molar-refractivity contribution in [3.63, 3.8) is 0 Å². The van der Waals surface area contributed by atoms with Crippen LogP contribution in [0.4, 0.5) is 0 Å². The smallest absolute Gasteiger partial charge is 0.265 e. The monoisotopic (exact) mass is 407 g/mol. The number of nitrogens with one attached hydrogen (secondary N) is 1. The third kappa shape index (κ3) is 4.97. The van der Waals surface area contributed by atoms with Gasteiger partial charge in [0.1, 0.15) is 10.6 Å². The van der Waals surface area contributed by atoms with Gasteiger partial charge in [-0.25, -0.2) is 8.42 Å². The molecule has 9 nitrogen and oxygen atoms in total. The first-order chi connectivity index (χ1) is 11.8. The molecule has 2 heterocycles. The van der Waals surface area contributed by atoms with Crippen molar-refractivity contribution in [2.24, 2.45) is 18.5 Å². The van der Waals surface area contributed by atoms with Crippen LogP contribution >= 0.6 is 12.4 Å². The van der Waals surface area contributed by atoms with Crippen molar-refractivity contribution in [2.45, 2.75) is 36.6 Å². The number of hydrogen-bond acceptors (Lipinski definition) is 5. The lowest BCUT2D eigenvalue weighted by Crippen LogP contribution is -2.49. The second-order valence-electron chi connectivity index (χ2n) is 6.14. The number of piperidine rings is 1. The van der Waals surface area contributed by atoms with Crippen molar-refractivity contribution in [3.05, 3.63) is 18.0 Å². The summed E-state index contributed by atoms with van der Waals surface area (Å²) in [5, 5.41) is 2.74. The van der Waals surface area contributed by atoms with E-state index in [9.17, 15) is 18.0 Å². The largest absolute Gasteiger partial charge is 0.364 e. The van der Waals surface area contributed by atoms with Crippen LogP contribution in [0, 0.1) is 0 Å². The van der Waals surface area contributed by atoms with Gasteiger partial charge in [0.2, 0.25) is 15.9 Å². The number of sulfonamides is 1. The summed E-state index contributed by atoms with van der Waals surface area (Å²) >= 11 is 0. The highest BCUT2D eigenvalue weighted by Crippen LogP contribution is 2.26. The molecule has 1 atom stereocenters. The Balaban J connectivity index is 0.00000338. The van der Waals surface area contributed by atoms with Crippen molar-refractivity contribution in [3.8, 4) is 0 Å². The minimum Gasteiger partial charge on any atom is -0.364 e. The van der Waals surface area contributed by atoms with Crippen LogP contribution in [0.15, 0.2) is 17.2 Å². The van der Waals surface area contributed by atoms with Crippen LogP contribution in [0.2, 0.25) is 0 Å². The summed E-state index contributed by atoms with van der Waals surface area (Å²) < 4.78 is 28.8. The Bertz CT molecular complexity index is 749. The molecule has 26 heavy (non-hydrogen) atoms. The summed E-state index contributed by atoms with van der Waals surface area (Å²) in [6.45, 7) is 0.868. The summed E-state index contributed by atoms with van der Waals surface area (Å²) in [7, 11) is -2.21. The Hall–Kier alpha value is -1.62. The Morgan fingerprint density at radius 2 is 2.04 bits per heavy atom. The molecule has 0 aromatic carbocycles. The van der Waals surface area contributed by atoms with Crippen molar-refractivity contribution >= 4 is 34.2 Å². The molecule has 0 aliphatic carbocycles. The third-order valence-electron chi connectivity index (χ3n) is 4.32. The fraction of sp³-hybridized carbons (Fsp3) is 0.600. The molecule has 0 spiro atoms. The number of amides is 2. The number of carbonyl (C=O) groups is 2. The number of rotatable bonds is 7. The maximum Gasteiger partial charge on any atom is 0.265 e. The van der Waals surface area contributed by atoms with Crippen molar-refractivity contribution < 1.29 is 18.0 Å². The van der Waals surface area contributed by atoms with Gasteiger partial charge < -0.3 is 21.4 Å². The van der Waals surface area contributed by atoms with Crippen molar-refractivity contribution in [1.82, 2.24) is 14.2 Å². The standard InChI is InChI=1S/C15H25N5O4S.ClH/c1-19-10-12(8-13(19)15(17)22)25(23,24)20-7-3-2-4-11(20)9-18-14(21)5-6-16;/h8,10-11H,2-7,9,16H2,1H3,(H2,17,22)(H,18,21);1H. The highest BCUT2D eigenvalue weighted by atomic mass is 35.5. The number of halogens is 1. The van der Waals surface area contributed by atoms with Gasteiger partial charge in [0.15, 0.2) is 0 Å². The molecule has 0 radical (unpaired) electrons. The molecule has 0 bridgehead atoms. The molecule has 1 aliphatic rings. The van der Waals surface area contributed by atoms with E-state index in [1.54, 1.807) is 7.05 Å². The molecule has 5 N–H and O–H groups in total. The van der Waals surface area contributed by atoms with Crippen molar-refractivity contribution in [2.75, 3.05) is 19.6 Å². The van der Waals surface area contributed by atoms with Crippen LogP contribution in [0.1, 0.15) is 36.2 Å². The van der Waals surface area contributed by atoms with E-state index >= 15 is 0 Å². The number of primary amides is 1. The summed E-state index contributed by atoms with van der Waals surface area (Å²) in [6, 6.07) is 0.966. The van der Waals surface area contributed by atoms with E-state index < -0.39 is 15.9 Å². The number of carbonyl (C=O) groups excluding carboxylic acids is 2. The second-order valence-corrected chi connectivity index (χ2v) is 8.03. The predicted molar refractivity (Wildman–Crippen MR) is 99.4 cm³/mol. The first kappa shape index (κ1) is 22.4. The van der Waals surface area contributed by atoms with E-state index in [-0.39, 0.29) is 54.5 Å². The van der Waals surface area contributed by atoms with Crippen LogP contribution in [0.25, 0.3) is 0 Å². The Morgan fingerprint density at radius 3 is 2.62 bits per heavy atom. The van der Waals surface area contributed by atoms with Gasteiger partial charge in [0.05, 0.1) is 0 Å². The van der Waals surface area contributed by atoms with E-state index in [1.807, 2.05) is 0 Å². The molecular weight excluding hydrogens is 382 g/mol. The van der Waals surface area contributed by atoms with Gasteiger partial charge in [-0.1, -0.05) is 6.42 Å². The maximum atomic E-state index is 13.0. The quantitative estimate of drug-likeness (QED) is 0.561. The Labute approximate surface area is 159 Å². The molecule has 2 rings (SSSR count). The molecule has 1 aliphatic heterocycles. The maximum absolute atomic E-state index is 13.0. The van der Waals surface area contributed by atoms with Gasteiger partial charge in [-0.2, -0.15) is 4.31 Å². The van der Waals surface area contributed by atoms with Crippen LogP contribution in [0.3, 0.4) is 0 Å². The lowest BCUT2D eigenvalue weighted by atomic mass is 10.1. The molecule has 1 aromatic heterocycles. The second kappa shape index (κ2) is 9.36. The lowest BCUT2D eigenvalue weighted by Gasteiger charge is -2.34. The predicted octanol–water partition coefficient (Wildman–Crippen LogP) is -0.446. The van der Waals surface area contributed by atoms with Gasteiger partial charge in [-0.05, 0) is 18.9 Å². The van der Waals surface area contributed by atoms with E-state index in [0.29, 0.717) is 13.0 Å². The normalized spacial score (nSPS) is 18.2. The molecule has 148 valence electrons. The summed E-state index contributed by atoms with van der Waals surface area (Å²) in [6.07, 6.45) is 3.90. The minimum absolute atomic E-state index is 0. The minimum atomic E-state index is -3.78. The van der Waals surface area contributed by atoms with Crippen LogP contribution in [0.5, 0.6) is 0 Å². The topological polar surface area (TPSA) is 141 Å². The van der Waals surface area contributed by atoms with Gasteiger partial charge in [-0.15, -0.1) is 12.4 Å². The first-order valence-electron chi connectivity index (χ1n) is 8.22. The van der Waals surface area contributed by atoms with Crippen LogP contribution < -0.4 is 16.8 Å². The van der Waals surface area contributed by atoms with Gasteiger partial charge in [0, 0.05) is 45.3 Å². The molecule has 11 heteroatoms. The number of nitrogens with two attached hydrogens (primary N) is 2. The third-order valence-corrected chi connectivity index (χ3v) is 6.24. The molecule has 1 fully saturated rings. The molecule has 2 amide bonds. The average Bonchev–Trinajstić information content (AvgIpc) is 2.96. The molecule has 1 saturated heterocycles. The fourth-order valence-corrected chi connectivity index (χ4v) is 4.77. The molecule has 1 aromatic rings. The zero-order chi connectivity index (χ0) is 18.6. The Morgan fingerprint density at radius 1 is 1.35 bits per heavy atom. The van der Waals surface area contributed by atoms with Crippen molar-refractivity contribution in [1.29, 1.82) is 0 Å². The van der Waals surface area contributed by atoms with E-state index in [1.165, 1.54) is 21.1 Å². The molecule has 0 saturated carbocycles. The first-order valence-corrected chi connectivity index (χ1v) is 9.66. The Kier molecular flexibility index (Phi) is 8.07. The number of hydrogen-bond donors (Lipinski definition) is 3. The SMILES string of the molecule is Cl.Cn1cc(S(=O)(=O)N2CCCCC2CNC(=O)CCN)cc1C(N)=O. The van der Waals surface area contributed by atoms with E-state index in [4.69, 9.17) is 11.5 Å². The zero-order valence-electron chi connectivity index (χ0n) is 14.7. The van der Waals surface area contributed by atoms with E-state index in [2.05, 4.69) is 5.32 Å². The highest BCUT2D eigenvalue weighted by molar-refractivity contribution is 7.89. The summed E-state index contributed by atoms with van der Waals surface area (Å²) in [5.41, 5.74) is 10.7. The average molecular weight is 408 g/mol. The van der Waals surface area contributed by atoms with E-state index in [0.717, 1.165) is 12.8 Å².